The Kier molecular flexibility index (Phi) is 5.20. The maximum Gasteiger partial charge on any atom is 0.354 e. The molecule has 1 aromatic heterocycles. The molecule has 1 aromatic rings. The highest BCUT2D eigenvalue weighted by molar-refractivity contribution is 7.91. The van der Waals surface area contributed by atoms with Crippen LogP contribution in [0.1, 0.15) is 34.7 Å². The summed E-state index contributed by atoms with van der Waals surface area (Å²) in [5, 5.41) is 11.3. The predicted molar refractivity (Wildman–Crippen MR) is 72.5 cm³/mol. The molecule has 1 rings (SSSR count). The highest BCUT2D eigenvalue weighted by atomic mass is 32.2. The highest BCUT2D eigenvalue weighted by Crippen LogP contribution is 2.03. The van der Waals surface area contributed by atoms with Crippen molar-refractivity contribution in [3.05, 3.63) is 29.6 Å². The summed E-state index contributed by atoms with van der Waals surface area (Å²) in [4.78, 5) is 26.2. The first-order chi connectivity index (χ1) is 9.25. The Hall–Kier alpha value is -1.96. The van der Waals surface area contributed by atoms with Crippen LogP contribution in [-0.2, 0) is 9.84 Å². The first-order valence-electron chi connectivity index (χ1n) is 5.96. The number of amides is 1. The van der Waals surface area contributed by atoms with Crippen LogP contribution in [0.5, 0.6) is 0 Å². The lowest BCUT2D eigenvalue weighted by Crippen LogP contribution is -2.38. The molecule has 0 aliphatic carbocycles. The third-order valence-corrected chi connectivity index (χ3v) is 4.45. The summed E-state index contributed by atoms with van der Waals surface area (Å²) in [6, 6.07) is 1.94. The second kappa shape index (κ2) is 6.47. The minimum Gasteiger partial charge on any atom is -0.477 e. The van der Waals surface area contributed by atoms with Crippen LogP contribution in [0.25, 0.3) is 0 Å². The molecule has 1 amide bonds. The lowest BCUT2D eigenvalue weighted by molar-refractivity contribution is 0.0690. The van der Waals surface area contributed by atoms with Crippen LogP contribution in [0.15, 0.2) is 18.3 Å². The van der Waals surface area contributed by atoms with Gasteiger partial charge in [0.15, 0.2) is 9.84 Å². The minimum absolute atomic E-state index is 0.00559. The first kappa shape index (κ1) is 16.1. The summed E-state index contributed by atoms with van der Waals surface area (Å²) >= 11 is 0. The van der Waals surface area contributed by atoms with E-state index < -0.39 is 27.8 Å². The molecule has 1 unspecified atom stereocenters. The van der Waals surface area contributed by atoms with Gasteiger partial charge in [0.1, 0.15) is 5.69 Å². The van der Waals surface area contributed by atoms with E-state index in [0.29, 0.717) is 0 Å². The molecule has 0 fully saturated rings. The molecule has 0 aliphatic rings. The normalized spacial score (nSPS) is 12.7. The molecule has 0 spiro atoms. The number of carboxylic acids is 1. The number of hydrogen-bond donors (Lipinski definition) is 2. The minimum atomic E-state index is -3.19. The predicted octanol–water partition coefficient (Wildman–Crippen LogP) is 0.333. The van der Waals surface area contributed by atoms with Gasteiger partial charge in [0.05, 0.1) is 5.75 Å². The highest BCUT2D eigenvalue weighted by Gasteiger charge is 2.17. The average Bonchev–Trinajstić information content (AvgIpc) is 2.38. The zero-order valence-corrected chi connectivity index (χ0v) is 12.0. The van der Waals surface area contributed by atoms with E-state index in [2.05, 4.69) is 10.3 Å². The van der Waals surface area contributed by atoms with E-state index in [4.69, 9.17) is 5.11 Å². The lowest BCUT2D eigenvalue weighted by Gasteiger charge is -2.13. The summed E-state index contributed by atoms with van der Waals surface area (Å²) in [5.41, 5.74) is -0.121. The van der Waals surface area contributed by atoms with E-state index in [1.165, 1.54) is 19.2 Å². The van der Waals surface area contributed by atoms with Crippen molar-refractivity contribution in [1.82, 2.24) is 10.3 Å². The third-order valence-electron chi connectivity index (χ3n) is 2.56. The van der Waals surface area contributed by atoms with Crippen molar-refractivity contribution >= 4 is 21.7 Å². The maximum atomic E-state index is 11.9. The molecule has 1 atom stereocenters. The number of carboxylic acid groups (broad SMARTS) is 1. The molecule has 0 aliphatic heterocycles. The maximum absolute atomic E-state index is 11.9. The Morgan fingerprint density at radius 3 is 2.65 bits per heavy atom. The second-order valence-corrected chi connectivity index (χ2v) is 6.71. The molecule has 110 valence electrons. The summed E-state index contributed by atoms with van der Waals surface area (Å²) < 4.78 is 22.9. The van der Waals surface area contributed by atoms with Crippen LogP contribution in [0.4, 0.5) is 0 Å². The van der Waals surface area contributed by atoms with Crippen molar-refractivity contribution in [2.24, 2.45) is 0 Å². The number of aromatic nitrogens is 1. The van der Waals surface area contributed by atoms with E-state index in [1.807, 2.05) is 0 Å². The number of aromatic carboxylic acids is 1. The van der Waals surface area contributed by atoms with Crippen LogP contribution in [-0.4, -0.2) is 47.9 Å². The fourth-order valence-electron chi connectivity index (χ4n) is 1.54. The molecule has 0 saturated heterocycles. The number of carbonyl (C=O) groups excluding carboxylic acids is 1. The van der Waals surface area contributed by atoms with E-state index in [-0.39, 0.29) is 22.8 Å². The fourth-order valence-corrected chi connectivity index (χ4v) is 2.62. The molecule has 1 heterocycles. The van der Waals surface area contributed by atoms with Gasteiger partial charge in [-0.3, -0.25) is 4.79 Å². The van der Waals surface area contributed by atoms with Gasteiger partial charge < -0.3 is 10.4 Å². The zero-order chi connectivity index (χ0) is 15.3. The SMILES string of the molecule is CCS(=O)(=O)CC(C)NC(=O)c1ccnc(C(=O)O)c1. The van der Waals surface area contributed by atoms with E-state index >= 15 is 0 Å². The van der Waals surface area contributed by atoms with Crippen LogP contribution < -0.4 is 5.32 Å². The number of nitrogens with one attached hydrogen (secondary N) is 1. The summed E-state index contributed by atoms with van der Waals surface area (Å²) in [6.07, 6.45) is 1.21. The molecule has 7 nitrogen and oxygen atoms in total. The smallest absolute Gasteiger partial charge is 0.354 e. The Balaban J connectivity index is 2.76. The van der Waals surface area contributed by atoms with E-state index in [1.54, 1.807) is 6.92 Å². The van der Waals surface area contributed by atoms with Gasteiger partial charge in [0.25, 0.3) is 5.91 Å². The van der Waals surface area contributed by atoms with Crippen LogP contribution in [0.3, 0.4) is 0 Å². The van der Waals surface area contributed by atoms with Crippen molar-refractivity contribution in [2.75, 3.05) is 11.5 Å². The quantitative estimate of drug-likeness (QED) is 0.782. The Morgan fingerprint density at radius 1 is 1.45 bits per heavy atom. The molecule has 0 saturated carbocycles. The number of pyridine rings is 1. The van der Waals surface area contributed by atoms with Gasteiger partial charge in [-0.1, -0.05) is 6.92 Å². The average molecular weight is 300 g/mol. The fraction of sp³-hybridized carbons (Fsp3) is 0.417. The molecule has 8 heteroatoms. The summed E-state index contributed by atoms with van der Waals surface area (Å²) in [7, 11) is -3.19. The molecule has 0 radical (unpaired) electrons. The van der Waals surface area contributed by atoms with Crippen molar-refractivity contribution in [3.63, 3.8) is 0 Å². The van der Waals surface area contributed by atoms with Crippen molar-refractivity contribution in [1.29, 1.82) is 0 Å². The number of nitrogens with zero attached hydrogens (tertiary/aromatic N) is 1. The summed E-state index contributed by atoms with van der Waals surface area (Å²) in [6.45, 7) is 3.11. The molecular formula is C12H16N2O5S. The lowest BCUT2D eigenvalue weighted by atomic mass is 10.2. The molecular weight excluding hydrogens is 284 g/mol. The summed E-state index contributed by atoms with van der Waals surface area (Å²) in [5.74, 6) is -1.92. The van der Waals surface area contributed by atoms with Crippen LogP contribution in [0, 0.1) is 0 Å². The zero-order valence-electron chi connectivity index (χ0n) is 11.2. The van der Waals surface area contributed by atoms with Crippen molar-refractivity contribution in [3.8, 4) is 0 Å². The largest absolute Gasteiger partial charge is 0.477 e. The van der Waals surface area contributed by atoms with Gasteiger partial charge in [-0.2, -0.15) is 0 Å². The third kappa shape index (κ3) is 4.61. The number of hydrogen-bond acceptors (Lipinski definition) is 5. The Bertz CT molecular complexity index is 612. The molecule has 0 bridgehead atoms. The molecule has 20 heavy (non-hydrogen) atoms. The first-order valence-corrected chi connectivity index (χ1v) is 7.78. The second-order valence-electron chi connectivity index (χ2n) is 4.31. The van der Waals surface area contributed by atoms with E-state index in [9.17, 15) is 18.0 Å². The van der Waals surface area contributed by atoms with E-state index in [0.717, 1.165) is 6.07 Å². The van der Waals surface area contributed by atoms with Crippen LogP contribution in [0.2, 0.25) is 0 Å². The topological polar surface area (TPSA) is 113 Å². The van der Waals surface area contributed by atoms with Crippen molar-refractivity contribution < 1.29 is 23.1 Å². The van der Waals surface area contributed by atoms with Gasteiger partial charge in [-0.25, -0.2) is 18.2 Å². The number of carbonyl (C=O) groups is 2. The number of rotatable bonds is 6. The number of sulfone groups is 1. The monoisotopic (exact) mass is 300 g/mol. The van der Waals surface area contributed by atoms with Crippen LogP contribution >= 0.6 is 0 Å². The van der Waals surface area contributed by atoms with Gasteiger partial charge in [0, 0.05) is 23.6 Å². The standard InChI is InChI=1S/C12H16N2O5S/c1-3-20(18,19)7-8(2)14-11(15)9-4-5-13-10(6-9)12(16)17/h4-6,8H,3,7H2,1-2H3,(H,14,15)(H,16,17). The molecule has 2 N–H and O–H groups in total. The van der Waals surface area contributed by atoms with Gasteiger partial charge in [-0.15, -0.1) is 0 Å². The van der Waals surface area contributed by atoms with Gasteiger partial charge in [-0.05, 0) is 19.1 Å². The van der Waals surface area contributed by atoms with Gasteiger partial charge >= 0.3 is 5.97 Å². The molecule has 0 aromatic carbocycles. The Labute approximate surface area is 116 Å². The van der Waals surface area contributed by atoms with Gasteiger partial charge in [0.2, 0.25) is 0 Å². The van der Waals surface area contributed by atoms with Crippen molar-refractivity contribution in [2.45, 2.75) is 19.9 Å². The Morgan fingerprint density at radius 2 is 2.10 bits per heavy atom.